The van der Waals surface area contributed by atoms with E-state index in [-0.39, 0.29) is 11.9 Å². The molecule has 2 aromatic rings. The number of aryl methyl sites for hydroxylation is 1. The van der Waals surface area contributed by atoms with E-state index in [1.807, 2.05) is 6.07 Å². The third kappa shape index (κ3) is 3.18. The largest absolute Gasteiger partial charge is 0.502 e. The van der Waals surface area contributed by atoms with Gasteiger partial charge in [0.05, 0.1) is 21.3 Å². The van der Waals surface area contributed by atoms with Gasteiger partial charge in [0.1, 0.15) is 6.10 Å². The molecule has 0 amide bonds. The van der Waals surface area contributed by atoms with Crippen LogP contribution < -0.4 is 18.9 Å². The number of phenolic OH excluding ortho intramolecular Hbond substituents is 1. The van der Waals surface area contributed by atoms with Crippen LogP contribution in [0.3, 0.4) is 0 Å². The second-order valence-electron chi connectivity index (χ2n) is 6.12. The van der Waals surface area contributed by atoms with Crippen molar-refractivity contribution in [2.45, 2.75) is 32.3 Å². The number of hydrogen-bond donors (Lipinski definition) is 1. The van der Waals surface area contributed by atoms with Crippen LogP contribution in [-0.4, -0.2) is 26.4 Å². The Bertz CT molecular complexity index is 744. The summed E-state index contributed by atoms with van der Waals surface area (Å²) in [5.74, 6) is 2.28. The highest BCUT2D eigenvalue weighted by molar-refractivity contribution is 5.56. The first kappa shape index (κ1) is 17.3. The number of rotatable bonds is 6. The first-order chi connectivity index (χ1) is 12.1. The van der Waals surface area contributed by atoms with E-state index < -0.39 is 0 Å². The highest BCUT2D eigenvalue weighted by Gasteiger charge is 2.29. The molecule has 1 N–H and O–H groups in total. The number of aromatic hydroxyl groups is 1. The molecule has 1 heterocycles. The third-order valence-electron chi connectivity index (χ3n) is 4.49. The standard InChI is InChI=1S/C20H24O5/c1-5-6-12-7-14-11-15(25-20(14)18(8-12)24-4)13-9-16(22-2)19(21)17(10-13)23-3/h7-10,15,21H,5-6,11H2,1-4H3. The fourth-order valence-electron chi connectivity index (χ4n) is 3.26. The molecule has 0 radical (unpaired) electrons. The van der Waals surface area contributed by atoms with Crippen LogP contribution in [0.4, 0.5) is 0 Å². The summed E-state index contributed by atoms with van der Waals surface area (Å²) in [6.07, 6.45) is 2.65. The van der Waals surface area contributed by atoms with Gasteiger partial charge in [-0.25, -0.2) is 0 Å². The normalized spacial score (nSPS) is 15.4. The average Bonchev–Trinajstić information content (AvgIpc) is 3.05. The highest BCUT2D eigenvalue weighted by atomic mass is 16.5. The number of hydrogen-bond acceptors (Lipinski definition) is 5. The summed E-state index contributed by atoms with van der Waals surface area (Å²) < 4.78 is 22.2. The van der Waals surface area contributed by atoms with Gasteiger partial charge in [-0.15, -0.1) is 0 Å². The molecule has 0 spiro atoms. The Morgan fingerprint density at radius 1 is 1.00 bits per heavy atom. The highest BCUT2D eigenvalue weighted by Crippen LogP contribution is 2.46. The Kier molecular flexibility index (Phi) is 4.93. The van der Waals surface area contributed by atoms with E-state index in [9.17, 15) is 5.11 Å². The maximum Gasteiger partial charge on any atom is 0.200 e. The Labute approximate surface area is 148 Å². The van der Waals surface area contributed by atoms with E-state index in [1.165, 1.54) is 19.8 Å². The molecule has 2 aromatic carbocycles. The molecule has 0 aromatic heterocycles. The van der Waals surface area contributed by atoms with Crippen molar-refractivity contribution in [3.63, 3.8) is 0 Å². The molecule has 0 fully saturated rings. The van der Waals surface area contributed by atoms with Gasteiger partial charge in [0, 0.05) is 17.5 Å². The van der Waals surface area contributed by atoms with Crippen LogP contribution in [0.25, 0.3) is 0 Å². The average molecular weight is 344 g/mol. The van der Waals surface area contributed by atoms with Crippen LogP contribution in [0.1, 0.15) is 36.1 Å². The zero-order valence-electron chi connectivity index (χ0n) is 15.1. The smallest absolute Gasteiger partial charge is 0.200 e. The zero-order valence-corrected chi connectivity index (χ0v) is 15.1. The molecule has 1 aliphatic rings. The lowest BCUT2D eigenvalue weighted by molar-refractivity contribution is 0.227. The number of ether oxygens (including phenoxy) is 4. The molecule has 1 atom stereocenters. The van der Waals surface area contributed by atoms with E-state index in [0.29, 0.717) is 11.5 Å². The van der Waals surface area contributed by atoms with Crippen LogP contribution in [0.2, 0.25) is 0 Å². The van der Waals surface area contributed by atoms with Crippen molar-refractivity contribution in [2.24, 2.45) is 0 Å². The summed E-state index contributed by atoms with van der Waals surface area (Å²) >= 11 is 0. The van der Waals surface area contributed by atoms with Gasteiger partial charge in [-0.2, -0.15) is 0 Å². The lowest BCUT2D eigenvalue weighted by Gasteiger charge is -2.16. The van der Waals surface area contributed by atoms with E-state index in [4.69, 9.17) is 18.9 Å². The molecule has 134 valence electrons. The van der Waals surface area contributed by atoms with Crippen LogP contribution >= 0.6 is 0 Å². The molecular formula is C20H24O5. The van der Waals surface area contributed by atoms with Crippen molar-refractivity contribution in [2.75, 3.05) is 21.3 Å². The Balaban J connectivity index is 1.96. The van der Waals surface area contributed by atoms with Gasteiger partial charge in [-0.3, -0.25) is 0 Å². The summed E-state index contributed by atoms with van der Waals surface area (Å²) in [4.78, 5) is 0. The van der Waals surface area contributed by atoms with Crippen LogP contribution in [0.5, 0.6) is 28.7 Å². The topological polar surface area (TPSA) is 57.2 Å². The predicted molar refractivity (Wildman–Crippen MR) is 95.3 cm³/mol. The lowest BCUT2D eigenvalue weighted by atomic mass is 10.00. The van der Waals surface area contributed by atoms with Crippen LogP contribution in [0, 0.1) is 0 Å². The Morgan fingerprint density at radius 3 is 2.20 bits per heavy atom. The summed E-state index contributed by atoms with van der Waals surface area (Å²) in [6.45, 7) is 2.16. The molecule has 0 bridgehead atoms. The molecule has 0 aliphatic carbocycles. The first-order valence-electron chi connectivity index (χ1n) is 8.42. The van der Waals surface area contributed by atoms with E-state index in [2.05, 4.69) is 13.0 Å². The summed E-state index contributed by atoms with van der Waals surface area (Å²) in [5.41, 5.74) is 3.28. The van der Waals surface area contributed by atoms with E-state index in [0.717, 1.165) is 41.9 Å². The quantitative estimate of drug-likeness (QED) is 0.857. The molecule has 0 saturated heterocycles. The second kappa shape index (κ2) is 7.13. The summed E-state index contributed by atoms with van der Waals surface area (Å²) in [6, 6.07) is 7.81. The first-order valence-corrected chi connectivity index (χ1v) is 8.42. The van der Waals surface area contributed by atoms with Gasteiger partial charge in [-0.1, -0.05) is 19.4 Å². The van der Waals surface area contributed by atoms with Gasteiger partial charge in [-0.05, 0) is 30.2 Å². The van der Waals surface area contributed by atoms with Crippen molar-refractivity contribution in [1.82, 2.24) is 0 Å². The fourth-order valence-corrected chi connectivity index (χ4v) is 3.26. The fraction of sp³-hybridized carbons (Fsp3) is 0.400. The van der Waals surface area contributed by atoms with Crippen molar-refractivity contribution < 1.29 is 24.1 Å². The predicted octanol–water partition coefficient (Wildman–Crippen LogP) is 4.05. The van der Waals surface area contributed by atoms with Crippen molar-refractivity contribution in [1.29, 1.82) is 0 Å². The molecule has 3 rings (SSSR count). The minimum absolute atomic E-state index is 0.00734. The number of benzene rings is 2. The summed E-state index contributed by atoms with van der Waals surface area (Å²) in [5, 5.41) is 10.1. The minimum Gasteiger partial charge on any atom is -0.502 e. The monoisotopic (exact) mass is 344 g/mol. The van der Waals surface area contributed by atoms with Gasteiger partial charge < -0.3 is 24.1 Å². The van der Waals surface area contributed by atoms with Crippen molar-refractivity contribution in [3.8, 4) is 28.7 Å². The summed E-state index contributed by atoms with van der Waals surface area (Å²) in [7, 11) is 4.69. The zero-order chi connectivity index (χ0) is 18.0. The second-order valence-corrected chi connectivity index (χ2v) is 6.12. The number of methoxy groups -OCH3 is 3. The molecule has 0 saturated carbocycles. The van der Waals surface area contributed by atoms with Gasteiger partial charge in [0.25, 0.3) is 0 Å². The minimum atomic E-state index is -0.177. The molecular weight excluding hydrogens is 320 g/mol. The SMILES string of the molecule is CCCc1cc2c(c(OC)c1)OC(c1cc(OC)c(O)c(OC)c1)C2. The molecule has 1 unspecified atom stereocenters. The van der Waals surface area contributed by atoms with Gasteiger partial charge in [0.2, 0.25) is 5.75 Å². The lowest BCUT2D eigenvalue weighted by Crippen LogP contribution is -2.04. The van der Waals surface area contributed by atoms with Crippen LogP contribution in [0.15, 0.2) is 24.3 Å². The van der Waals surface area contributed by atoms with Crippen LogP contribution in [-0.2, 0) is 12.8 Å². The van der Waals surface area contributed by atoms with Gasteiger partial charge in [0.15, 0.2) is 23.0 Å². The number of fused-ring (bicyclic) bond motifs is 1. The molecule has 5 heteroatoms. The van der Waals surface area contributed by atoms with E-state index in [1.54, 1.807) is 19.2 Å². The Morgan fingerprint density at radius 2 is 1.64 bits per heavy atom. The molecule has 25 heavy (non-hydrogen) atoms. The Hall–Kier alpha value is -2.56. The maximum absolute atomic E-state index is 10.1. The van der Waals surface area contributed by atoms with Gasteiger partial charge >= 0.3 is 0 Å². The molecule has 1 aliphatic heterocycles. The third-order valence-corrected chi connectivity index (χ3v) is 4.49. The van der Waals surface area contributed by atoms with Crippen molar-refractivity contribution >= 4 is 0 Å². The van der Waals surface area contributed by atoms with E-state index >= 15 is 0 Å². The number of phenols is 1. The maximum atomic E-state index is 10.1. The molecule has 5 nitrogen and oxygen atoms in total. The van der Waals surface area contributed by atoms with Crippen molar-refractivity contribution in [3.05, 3.63) is 41.0 Å².